The van der Waals surface area contributed by atoms with Crippen LogP contribution < -0.4 is 15.1 Å². The fourth-order valence-electron chi connectivity index (χ4n) is 3.58. The smallest absolute Gasteiger partial charge is 0.322 e. The predicted octanol–water partition coefficient (Wildman–Crippen LogP) is 2.25. The highest BCUT2D eigenvalue weighted by atomic mass is 19.1. The van der Waals surface area contributed by atoms with Gasteiger partial charge in [0.15, 0.2) is 0 Å². The molecule has 2 aliphatic heterocycles. The molecule has 1 aromatic heterocycles. The van der Waals surface area contributed by atoms with Crippen molar-refractivity contribution in [2.24, 2.45) is 0 Å². The number of benzene rings is 1. The number of piperazine rings is 1. The number of rotatable bonds is 3. The Labute approximate surface area is 173 Å². The highest BCUT2D eigenvalue weighted by molar-refractivity contribution is 5.89. The first-order valence-electron chi connectivity index (χ1n) is 9.94. The molecule has 1 aromatic carbocycles. The van der Waals surface area contributed by atoms with E-state index < -0.39 is 17.7 Å². The molecule has 8 nitrogen and oxygen atoms in total. The fourth-order valence-corrected chi connectivity index (χ4v) is 3.58. The van der Waals surface area contributed by atoms with Gasteiger partial charge in [-0.1, -0.05) is 0 Å². The van der Waals surface area contributed by atoms with E-state index in [2.05, 4.69) is 25.1 Å². The number of hydrogen-bond donors (Lipinski definition) is 1. The van der Waals surface area contributed by atoms with Gasteiger partial charge in [-0.2, -0.15) is 0 Å². The van der Waals surface area contributed by atoms with Gasteiger partial charge in [0.2, 0.25) is 0 Å². The maximum atomic E-state index is 13.8. The number of anilines is 3. The minimum Gasteiger partial charge on any atom is -0.378 e. The molecule has 4 rings (SSSR count). The molecule has 1 N–H and O–H groups in total. The summed E-state index contributed by atoms with van der Waals surface area (Å²) < 4.78 is 32.5. The second-order valence-electron chi connectivity index (χ2n) is 7.26. The van der Waals surface area contributed by atoms with Crippen LogP contribution in [-0.2, 0) is 4.74 Å². The van der Waals surface area contributed by atoms with Crippen molar-refractivity contribution in [3.05, 3.63) is 41.7 Å². The molecule has 2 aromatic rings. The zero-order valence-electron chi connectivity index (χ0n) is 16.8. The largest absolute Gasteiger partial charge is 0.378 e. The maximum absolute atomic E-state index is 13.8. The Morgan fingerprint density at radius 3 is 2.27 bits per heavy atom. The normalized spacial score (nSPS) is 17.2. The summed E-state index contributed by atoms with van der Waals surface area (Å²) in [6, 6.07) is 4.49. The molecule has 0 bridgehead atoms. The average molecular weight is 418 g/mol. The van der Waals surface area contributed by atoms with Gasteiger partial charge in [0, 0.05) is 51.4 Å². The number of aromatic nitrogens is 2. The van der Waals surface area contributed by atoms with Crippen LogP contribution in [0.3, 0.4) is 0 Å². The van der Waals surface area contributed by atoms with Crippen molar-refractivity contribution in [1.82, 2.24) is 14.9 Å². The van der Waals surface area contributed by atoms with E-state index in [0.29, 0.717) is 45.2 Å². The number of carbonyl (C=O) groups is 1. The molecule has 2 aliphatic rings. The second-order valence-corrected chi connectivity index (χ2v) is 7.26. The quantitative estimate of drug-likeness (QED) is 0.824. The number of urea groups is 1. The number of morpholine rings is 1. The first-order valence-corrected chi connectivity index (χ1v) is 9.94. The zero-order valence-corrected chi connectivity index (χ0v) is 16.8. The molecule has 2 saturated heterocycles. The van der Waals surface area contributed by atoms with E-state index in [0.717, 1.165) is 42.9 Å². The van der Waals surface area contributed by atoms with E-state index in [1.165, 1.54) is 0 Å². The maximum Gasteiger partial charge on any atom is 0.322 e. The topological polar surface area (TPSA) is 73.8 Å². The molecule has 0 aliphatic carbocycles. The minimum atomic E-state index is -0.671. The van der Waals surface area contributed by atoms with Gasteiger partial charge in [-0.25, -0.2) is 23.5 Å². The van der Waals surface area contributed by atoms with E-state index >= 15 is 0 Å². The summed E-state index contributed by atoms with van der Waals surface area (Å²) in [4.78, 5) is 27.4. The number of nitrogens with zero attached hydrogens (tertiary/aromatic N) is 5. The number of ether oxygens (including phenoxy) is 1. The molecule has 0 spiro atoms. The Kier molecular flexibility index (Phi) is 5.93. The Bertz CT molecular complexity index is 914. The summed E-state index contributed by atoms with van der Waals surface area (Å²) in [5.74, 6) is 1.11. The predicted molar refractivity (Wildman–Crippen MR) is 109 cm³/mol. The summed E-state index contributed by atoms with van der Waals surface area (Å²) in [6.07, 6.45) is 0. The van der Waals surface area contributed by atoms with E-state index in [4.69, 9.17) is 4.74 Å². The van der Waals surface area contributed by atoms with Crippen molar-refractivity contribution in [2.45, 2.75) is 6.92 Å². The molecule has 3 heterocycles. The van der Waals surface area contributed by atoms with Crippen molar-refractivity contribution < 1.29 is 18.3 Å². The first-order chi connectivity index (χ1) is 14.5. The van der Waals surface area contributed by atoms with Gasteiger partial charge in [0.1, 0.15) is 29.1 Å². The lowest BCUT2D eigenvalue weighted by molar-refractivity contribution is 0.122. The van der Waals surface area contributed by atoms with Gasteiger partial charge >= 0.3 is 6.03 Å². The molecule has 160 valence electrons. The van der Waals surface area contributed by atoms with Crippen LogP contribution in [0.15, 0.2) is 24.3 Å². The lowest BCUT2D eigenvalue weighted by atomic mass is 10.3. The van der Waals surface area contributed by atoms with Gasteiger partial charge in [0.25, 0.3) is 0 Å². The summed E-state index contributed by atoms with van der Waals surface area (Å²) in [6.45, 7) is 6.86. The number of aryl methyl sites for hydroxylation is 1. The van der Waals surface area contributed by atoms with Crippen LogP contribution in [-0.4, -0.2) is 73.4 Å². The fraction of sp³-hybridized carbons (Fsp3) is 0.450. The zero-order chi connectivity index (χ0) is 21.1. The summed E-state index contributed by atoms with van der Waals surface area (Å²) in [5, 5.41) is 2.45. The number of amides is 2. The van der Waals surface area contributed by atoms with Crippen molar-refractivity contribution in [1.29, 1.82) is 0 Å². The van der Waals surface area contributed by atoms with Crippen LogP contribution in [0.5, 0.6) is 0 Å². The van der Waals surface area contributed by atoms with E-state index in [9.17, 15) is 13.6 Å². The highest BCUT2D eigenvalue weighted by Crippen LogP contribution is 2.22. The van der Waals surface area contributed by atoms with Crippen LogP contribution in [0.25, 0.3) is 0 Å². The highest BCUT2D eigenvalue weighted by Gasteiger charge is 2.24. The Balaban J connectivity index is 1.39. The molecule has 0 atom stereocenters. The Morgan fingerprint density at radius 1 is 0.967 bits per heavy atom. The van der Waals surface area contributed by atoms with Crippen molar-refractivity contribution in [3.63, 3.8) is 0 Å². The van der Waals surface area contributed by atoms with Crippen LogP contribution in [0.1, 0.15) is 5.82 Å². The van der Waals surface area contributed by atoms with Crippen molar-refractivity contribution >= 4 is 23.4 Å². The van der Waals surface area contributed by atoms with Gasteiger partial charge < -0.3 is 24.8 Å². The summed E-state index contributed by atoms with van der Waals surface area (Å²) in [7, 11) is 0. The third kappa shape index (κ3) is 4.59. The molecule has 10 heteroatoms. The van der Waals surface area contributed by atoms with Crippen LogP contribution >= 0.6 is 0 Å². The molecule has 2 amide bonds. The Hall–Kier alpha value is -3.01. The van der Waals surface area contributed by atoms with Crippen molar-refractivity contribution in [3.8, 4) is 0 Å². The average Bonchev–Trinajstić information content (AvgIpc) is 2.76. The monoisotopic (exact) mass is 418 g/mol. The SMILES string of the molecule is Cc1nc(N2CCOCC2)cc(N2CCN(C(=O)Nc3cc(F)ccc3F)CC2)n1. The van der Waals surface area contributed by atoms with Crippen LogP contribution in [0.2, 0.25) is 0 Å². The summed E-state index contributed by atoms with van der Waals surface area (Å²) >= 11 is 0. The van der Waals surface area contributed by atoms with Crippen LogP contribution in [0, 0.1) is 18.6 Å². The Morgan fingerprint density at radius 2 is 1.60 bits per heavy atom. The molecule has 2 fully saturated rings. The number of carbonyl (C=O) groups excluding carboxylic acids is 1. The molecule has 0 radical (unpaired) electrons. The van der Waals surface area contributed by atoms with Crippen molar-refractivity contribution in [2.75, 3.05) is 67.6 Å². The van der Waals surface area contributed by atoms with Crippen LogP contribution in [0.4, 0.5) is 30.9 Å². The van der Waals surface area contributed by atoms with E-state index in [-0.39, 0.29) is 5.69 Å². The lowest BCUT2D eigenvalue weighted by Crippen LogP contribution is -2.50. The van der Waals surface area contributed by atoms with E-state index in [1.54, 1.807) is 4.90 Å². The van der Waals surface area contributed by atoms with Gasteiger partial charge in [0.05, 0.1) is 18.9 Å². The van der Waals surface area contributed by atoms with E-state index in [1.807, 2.05) is 13.0 Å². The first kappa shape index (κ1) is 20.3. The third-order valence-electron chi connectivity index (χ3n) is 5.21. The number of halogens is 2. The second kappa shape index (κ2) is 8.78. The molecular formula is C20H24F2N6O2. The minimum absolute atomic E-state index is 0.163. The number of nitrogens with one attached hydrogen (secondary N) is 1. The standard InChI is InChI=1S/C20H24F2N6O2/c1-14-23-18(13-19(24-14)27-8-10-30-11-9-27)26-4-6-28(7-5-26)20(29)25-17-12-15(21)2-3-16(17)22/h2-3,12-13H,4-11H2,1H3,(H,25,29). The molecule has 0 unspecified atom stereocenters. The molecule has 0 saturated carbocycles. The van der Waals surface area contributed by atoms with Gasteiger partial charge in [-0.15, -0.1) is 0 Å². The van der Waals surface area contributed by atoms with Gasteiger partial charge in [-0.3, -0.25) is 0 Å². The summed E-state index contributed by atoms with van der Waals surface area (Å²) in [5.41, 5.74) is -0.163. The third-order valence-corrected chi connectivity index (χ3v) is 5.21. The number of hydrogen-bond acceptors (Lipinski definition) is 6. The molecular weight excluding hydrogens is 394 g/mol. The molecule has 30 heavy (non-hydrogen) atoms. The van der Waals surface area contributed by atoms with Gasteiger partial charge in [-0.05, 0) is 19.1 Å². The lowest BCUT2D eigenvalue weighted by Gasteiger charge is -2.36.